The Bertz CT molecular complexity index is 2890. The van der Waals surface area contributed by atoms with Crippen molar-refractivity contribution in [3.05, 3.63) is 121 Å². The van der Waals surface area contributed by atoms with Crippen molar-refractivity contribution >= 4 is 76.7 Å². The van der Waals surface area contributed by atoms with E-state index in [1.165, 1.54) is 43.7 Å². The molecular formula is C40H28N8. The van der Waals surface area contributed by atoms with Crippen LogP contribution in [0.3, 0.4) is 0 Å². The highest BCUT2D eigenvalue weighted by atomic mass is 15.1. The Balaban J connectivity index is 1.42. The van der Waals surface area contributed by atoms with Gasteiger partial charge in [0.05, 0.1) is 28.3 Å². The maximum Gasteiger partial charge on any atom is 0.157 e. The van der Waals surface area contributed by atoms with E-state index in [1.54, 1.807) is 24.8 Å². The minimum atomic E-state index is 0.658. The smallest absolute Gasteiger partial charge is 0.157 e. The van der Waals surface area contributed by atoms with E-state index in [0.717, 1.165) is 35.4 Å². The third-order valence-corrected chi connectivity index (χ3v) is 9.69. The summed E-state index contributed by atoms with van der Waals surface area (Å²) in [6.07, 6.45) is 10.3. The molecule has 10 aromatic rings. The van der Waals surface area contributed by atoms with E-state index >= 15 is 0 Å². The van der Waals surface area contributed by atoms with Crippen LogP contribution in [0.1, 0.15) is 25.0 Å². The molecule has 10 rings (SSSR count). The van der Waals surface area contributed by atoms with Gasteiger partial charge in [0.15, 0.2) is 5.82 Å². The molecule has 0 aliphatic rings. The fourth-order valence-corrected chi connectivity index (χ4v) is 7.73. The van der Waals surface area contributed by atoms with Gasteiger partial charge in [-0.15, -0.1) is 0 Å². The van der Waals surface area contributed by atoms with Crippen LogP contribution in [-0.2, 0) is 12.8 Å². The number of hydrogen-bond donors (Lipinski definition) is 0. The van der Waals surface area contributed by atoms with E-state index in [9.17, 15) is 0 Å². The highest BCUT2D eigenvalue weighted by Gasteiger charge is 2.25. The summed E-state index contributed by atoms with van der Waals surface area (Å²) in [6.45, 7) is 4.47. The number of nitrogens with zero attached hydrogens (tertiary/aromatic N) is 8. The summed E-state index contributed by atoms with van der Waals surface area (Å²) in [7, 11) is 0. The molecule has 5 aromatic heterocycles. The van der Waals surface area contributed by atoms with Gasteiger partial charge in [0, 0.05) is 57.6 Å². The van der Waals surface area contributed by atoms with Crippen molar-refractivity contribution < 1.29 is 0 Å². The first-order valence-electron chi connectivity index (χ1n) is 16.3. The van der Waals surface area contributed by atoms with Crippen molar-refractivity contribution in [2.45, 2.75) is 26.7 Å². The summed E-state index contributed by atoms with van der Waals surface area (Å²) in [5.74, 6) is 0.731. The first kappa shape index (κ1) is 26.9. The molecule has 0 atom stereocenters. The largest absolute Gasteiger partial charge is 0.309 e. The molecule has 0 fully saturated rings. The third-order valence-electron chi connectivity index (χ3n) is 9.69. The van der Waals surface area contributed by atoms with Crippen LogP contribution in [0.4, 0.5) is 0 Å². The summed E-state index contributed by atoms with van der Waals surface area (Å²) in [5, 5.41) is 4.89. The molecule has 0 spiro atoms. The minimum absolute atomic E-state index is 0.658. The molecule has 5 heterocycles. The van der Waals surface area contributed by atoms with Gasteiger partial charge in [-0.1, -0.05) is 68.4 Å². The van der Waals surface area contributed by atoms with Crippen molar-refractivity contribution in [3.8, 4) is 11.5 Å². The Morgan fingerprint density at radius 1 is 0.500 bits per heavy atom. The Morgan fingerprint density at radius 2 is 1.10 bits per heavy atom. The molecule has 0 amide bonds. The molecule has 0 saturated carbocycles. The lowest BCUT2D eigenvalue weighted by atomic mass is 10.0. The monoisotopic (exact) mass is 620 g/mol. The number of rotatable bonds is 4. The molecule has 5 aromatic carbocycles. The molecule has 0 unspecified atom stereocenters. The van der Waals surface area contributed by atoms with E-state index in [1.807, 2.05) is 6.20 Å². The van der Waals surface area contributed by atoms with Gasteiger partial charge in [-0.2, -0.15) is 0 Å². The summed E-state index contributed by atoms with van der Waals surface area (Å²) in [4.78, 5) is 29.1. The van der Waals surface area contributed by atoms with E-state index in [-0.39, 0.29) is 0 Å². The molecule has 8 heteroatoms. The fourth-order valence-electron chi connectivity index (χ4n) is 7.73. The average Bonchev–Trinajstić information content (AvgIpc) is 3.67. The number of aryl methyl sites for hydroxylation is 2. The highest BCUT2D eigenvalue weighted by Crippen LogP contribution is 2.43. The van der Waals surface area contributed by atoms with Gasteiger partial charge in [-0.25, -0.2) is 9.97 Å². The Labute approximate surface area is 274 Å². The van der Waals surface area contributed by atoms with Gasteiger partial charge >= 0.3 is 0 Å². The maximum absolute atomic E-state index is 5.37. The van der Waals surface area contributed by atoms with Crippen LogP contribution < -0.4 is 0 Å². The van der Waals surface area contributed by atoms with Gasteiger partial charge in [0.25, 0.3) is 0 Å². The molecular weight excluding hydrogens is 592 g/mol. The van der Waals surface area contributed by atoms with Crippen LogP contribution in [0.2, 0.25) is 0 Å². The van der Waals surface area contributed by atoms with Gasteiger partial charge in [-0.05, 0) is 42.7 Å². The summed E-state index contributed by atoms with van der Waals surface area (Å²) < 4.78 is 4.76. The van der Waals surface area contributed by atoms with E-state index < -0.39 is 0 Å². The molecule has 0 saturated heterocycles. The van der Waals surface area contributed by atoms with Crippen LogP contribution in [0.15, 0.2) is 110 Å². The van der Waals surface area contributed by atoms with Gasteiger partial charge in [-0.3, -0.25) is 24.5 Å². The lowest BCUT2D eigenvalue weighted by molar-refractivity contribution is 1.03. The number of aromatic nitrogens is 8. The standard InChI is InChI=1S/C40H28N8/c1-3-23-11-10-15-27-29-21-28-26-14-8-9-16-30(26)47(24-12-6-5-7-13-24)39(28)25(4-2)40(29)48(38(23)27)31-22-45-36-34-32(41-17-18-43-34)33-35(37(36)46-31)44-20-19-42-33/h5-22H,3-4H2,1-2H3. The minimum Gasteiger partial charge on any atom is -0.309 e. The molecule has 0 aliphatic heterocycles. The summed E-state index contributed by atoms with van der Waals surface area (Å²) in [6, 6.07) is 28.4. The van der Waals surface area contributed by atoms with E-state index in [4.69, 9.17) is 15.0 Å². The fraction of sp³-hybridized carbons (Fsp3) is 0.100. The van der Waals surface area contributed by atoms with Crippen LogP contribution >= 0.6 is 0 Å². The quantitative estimate of drug-likeness (QED) is 0.183. The van der Waals surface area contributed by atoms with Crippen LogP contribution in [0.5, 0.6) is 0 Å². The van der Waals surface area contributed by atoms with Crippen molar-refractivity contribution in [1.82, 2.24) is 39.0 Å². The molecule has 0 N–H and O–H groups in total. The van der Waals surface area contributed by atoms with E-state index in [2.05, 4.69) is 117 Å². The van der Waals surface area contributed by atoms with Crippen molar-refractivity contribution in [3.63, 3.8) is 0 Å². The number of para-hydroxylation sites is 3. The zero-order valence-electron chi connectivity index (χ0n) is 26.4. The van der Waals surface area contributed by atoms with Gasteiger partial charge < -0.3 is 4.57 Å². The first-order chi connectivity index (χ1) is 23.8. The Hall–Kier alpha value is -6.28. The Morgan fingerprint density at radius 3 is 1.81 bits per heavy atom. The number of fused-ring (bicyclic) bond motifs is 12. The zero-order chi connectivity index (χ0) is 31.9. The number of hydrogen-bond acceptors (Lipinski definition) is 6. The molecule has 8 nitrogen and oxygen atoms in total. The normalized spacial score (nSPS) is 12.1. The second kappa shape index (κ2) is 10.1. The van der Waals surface area contributed by atoms with Crippen LogP contribution in [0.25, 0.3) is 88.2 Å². The molecule has 0 aliphatic carbocycles. The molecule has 48 heavy (non-hydrogen) atoms. The van der Waals surface area contributed by atoms with Crippen LogP contribution in [0, 0.1) is 0 Å². The van der Waals surface area contributed by atoms with Crippen molar-refractivity contribution in [2.75, 3.05) is 0 Å². The molecule has 228 valence electrons. The number of benzene rings is 5. The molecule has 0 radical (unpaired) electrons. The lowest BCUT2D eigenvalue weighted by Crippen LogP contribution is -2.05. The third kappa shape index (κ3) is 3.54. The predicted octanol–water partition coefficient (Wildman–Crippen LogP) is 8.84. The first-order valence-corrected chi connectivity index (χ1v) is 16.3. The van der Waals surface area contributed by atoms with Gasteiger partial charge in [0.1, 0.15) is 33.1 Å². The SMILES string of the molecule is CCc1cccc2c3cc4c5ccccc5n(-c5ccccc5)c4c(CC)c3n(-c3cnc4c5nccnc5c5nccnc5c4n3)c12. The second-order valence-electron chi connectivity index (χ2n) is 12.1. The van der Waals surface area contributed by atoms with E-state index in [0.29, 0.717) is 33.1 Å². The maximum atomic E-state index is 5.37. The summed E-state index contributed by atoms with van der Waals surface area (Å²) in [5.41, 5.74) is 12.3. The second-order valence-corrected chi connectivity index (χ2v) is 12.1. The summed E-state index contributed by atoms with van der Waals surface area (Å²) >= 11 is 0. The highest BCUT2D eigenvalue weighted by molar-refractivity contribution is 6.22. The zero-order valence-corrected chi connectivity index (χ0v) is 26.4. The van der Waals surface area contributed by atoms with Gasteiger partial charge in [0.2, 0.25) is 0 Å². The average molecular weight is 621 g/mol. The van der Waals surface area contributed by atoms with Crippen molar-refractivity contribution in [2.24, 2.45) is 0 Å². The Kier molecular flexibility index (Phi) is 5.66. The molecule has 0 bridgehead atoms. The van der Waals surface area contributed by atoms with Crippen LogP contribution in [-0.4, -0.2) is 39.0 Å². The van der Waals surface area contributed by atoms with Crippen molar-refractivity contribution in [1.29, 1.82) is 0 Å². The lowest BCUT2D eigenvalue weighted by Gasteiger charge is -2.15. The predicted molar refractivity (Wildman–Crippen MR) is 193 cm³/mol. The topological polar surface area (TPSA) is 87.2 Å².